The molecule has 5 nitrogen and oxygen atoms in total. The number of imidazole rings is 1. The molecule has 0 fully saturated rings. The van der Waals surface area contributed by atoms with Crippen molar-refractivity contribution >= 4 is 0 Å². The van der Waals surface area contributed by atoms with E-state index in [1.54, 1.807) is 19.7 Å². The van der Waals surface area contributed by atoms with E-state index < -0.39 is 0 Å². The Morgan fingerprint density at radius 2 is 2.16 bits per heavy atom. The van der Waals surface area contributed by atoms with Gasteiger partial charge in [-0.05, 0) is 42.7 Å². The van der Waals surface area contributed by atoms with E-state index in [-0.39, 0.29) is 6.04 Å². The molecular formula is C20H23N3O2. The molecule has 1 aromatic carbocycles. The highest BCUT2D eigenvalue weighted by molar-refractivity contribution is 5.44. The zero-order valence-electron chi connectivity index (χ0n) is 14.9. The van der Waals surface area contributed by atoms with Gasteiger partial charge in [0, 0.05) is 30.8 Å². The summed E-state index contributed by atoms with van der Waals surface area (Å²) in [6, 6.07) is 6.39. The molecule has 25 heavy (non-hydrogen) atoms. The number of aromatic nitrogens is 2. The van der Waals surface area contributed by atoms with Crippen LogP contribution in [-0.4, -0.2) is 28.5 Å². The van der Waals surface area contributed by atoms with Crippen molar-refractivity contribution in [3.63, 3.8) is 0 Å². The van der Waals surface area contributed by atoms with Gasteiger partial charge in [0.1, 0.15) is 5.75 Å². The van der Waals surface area contributed by atoms with Crippen molar-refractivity contribution in [2.45, 2.75) is 32.9 Å². The van der Waals surface area contributed by atoms with Gasteiger partial charge in [-0.3, -0.25) is 4.90 Å². The van der Waals surface area contributed by atoms with Crippen LogP contribution in [-0.2, 0) is 13.0 Å². The lowest BCUT2D eigenvalue weighted by molar-refractivity contribution is 0.199. The number of rotatable bonds is 4. The largest absolute Gasteiger partial charge is 0.496 e. The van der Waals surface area contributed by atoms with E-state index in [0.29, 0.717) is 0 Å². The quantitative estimate of drug-likeness (QED) is 0.787. The maximum absolute atomic E-state index is 5.45. The molecule has 0 aliphatic carbocycles. The fraction of sp³-hybridized carbons (Fsp3) is 0.350. The molecule has 130 valence electrons. The first-order valence-corrected chi connectivity index (χ1v) is 8.60. The van der Waals surface area contributed by atoms with E-state index >= 15 is 0 Å². The maximum atomic E-state index is 5.45. The van der Waals surface area contributed by atoms with Crippen LogP contribution in [0.3, 0.4) is 0 Å². The Morgan fingerprint density at radius 3 is 2.92 bits per heavy atom. The highest BCUT2D eigenvalue weighted by Crippen LogP contribution is 2.35. The van der Waals surface area contributed by atoms with Crippen LogP contribution in [0.5, 0.6) is 5.75 Å². The molecule has 1 atom stereocenters. The molecular weight excluding hydrogens is 314 g/mol. The average molecular weight is 337 g/mol. The Kier molecular flexibility index (Phi) is 4.09. The van der Waals surface area contributed by atoms with Crippen LogP contribution in [0.15, 0.2) is 41.5 Å². The number of hydrogen-bond acceptors (Lipinski definition) is 4. The molecule has 1 aliphatic heterocycles. The number of ether oxygens (including phenoxy) is 1. The second-order valence-corrected chi connectivity index (χ2v) is 6.62. The second kappa shape index (κ2) is 6.41. The lowest BCUT2D eigenvalue weighted by Gasteiger charge is -2.35. The Morgan fingerprint density at radius 1 is 1.28 bits per heavy atom. The van der Waals surface area contributed by atoms with Gasteiger partial charge in [0.15, 0.2) is 0 Å². The fourth-order valence-corrected chi connectivity index (χ4v) is 3.76. The van der Waals surface area contributed by atoms with Crippen LogP contribution < -0.4 is 4.74 Å². The molecule has 3 heterocycles. The van der Waals surface area contributed by atoms with Crippen molar-refractivity contribution in [1.29, 1.82) is 0 Å². The van der Waals surface area contributed by atoms with Crippen molar-refractivity contribution in [1.82, 2.24) is 14.9 Å². The van der Waals surface area contributed by atoms with E-state index in [4.69, 9.17) is 9.15 Å². The average Bonchev–Trinajstić information content (AvgIpc) is 3.30. The van der Waals surface area contributed by atoms with Crippen LogP contribution in [0.2, 0.25) is 0 Å². The molecule has 0 amide bonds. The number of H-pyrrole nitrogens is 1. The number of furan rings is 1. The van der Waals surface area contributed by atoms with Crippen molar-refractivity contribution in [3.8, 4) is 5.75 Å². The highest BCUT2D eigenvalue weighted by atomic mass is 16.5. The Bertz CT molecular complexity index is 867. The number of methoxy groups -OCH3 is 1. The second-order valence-electron chi connectivity index (χ2n) is 6.62. The van der Waals surface area contributed by atoms with Crippen molar-refractivity contribution in [3.05, 3.63) is 70.7 Å². The minimum absolute atomic E-state index is 0.121. The summed E-state index contributed by atoms with van der Waals surface area (Å²) in [4.78, 5) is 10.4. The number of aromatic amines is 1. The van der Waals surface area contributed by atoms with Gasteiger partial charge in [-0.15, -0.1) is 0 Å². The van der Waals surface area contributed by atoms with Gasteiger partial charge < -0.3 is 14.1 Å². The molecule has 0 spiro atoms. The lowest BCUT2D eigenvalue weighted by atomic mass is 9.95. The summed E-state index contributed by atoms with van der Waals surface area (Å²) in [7, 11) is 1.72. The lowest BCUT2D eigenvalue weighted by Crippen LogP contribution is -2.35. The molecule has 0 radical (unpaired) electrons. The summed E-state index contributed by atoms with van der Waals surface area (Å²) in [5.74, 6) is 0.945. The summed E-state index contributed by atoms with van der Waals surface area (Å²) < 4.78 is 10.8. The molecule has 0 unspecified atom stereocenters. The standard InChI is InChI=1S/C20H23N3O2/c1-13-14(2)18(24-3)5-4-15(13)10-23-8-6-17-19(22-12-21-17)20(23)16-7-9-25-11-16/h4-5,7,9,11-12,20H,6,8,10H2,1-3H3,(H,21,22)/t20-/m0/s1. The minimum Gasteiger partial charge on any atom is -0.496 e. The van der Waals surface area contributed by atoms with Crippen LogP contribution in [0.25, 0.3) is 0 Å². The molecule has 2 aromatic heterocycles. The molecule has 5 heteroatoms. The molecule has 3 aromatic rings. The molecule has 0 saturated carbocycles. The minimum atomic E-state index is 0.121. The van der Waals surface area contributed by atoms with Crippen molar-refractivity contribution in [2.24, 2.45) is 0 Å². The van der Waals surface area contributed by atoms with Gasteiger partial charge >= 0.3 is 0 Å². The van der Waals surface area contributed by atoms with Crippen LogP contribution in [0.1, 0.15) is 39.7 Å². The Balaban J connectivity index is 1.69. The van der Waals surface area contributed by atoms with Crippen molar-refractivity contribution < 1.29 is 9.15 Å². The molecule has 0 saturated heterocycles. The fourth-order valence-electron chi connectivity index (χ4n) is 3.76. The summed E-state index contributed by atoms with van der Waals surface area (Å²) in [5.41, 5.74) is 7.30. The van der Waals surface area contributed by atoms with E-state index in [1.165, 1.54) is 22.4 Å². The van der Waals surface area contributed by atoms with E-state index in [0.717, 1.165) is 36.5 Å². The monoisotopic (exact) mass is 337 g/mol. The van der Waals surface area contributed by atoms with Gasteiger partial charge in [-0.1, -0.05) is 6.07 Å². The van der Waals surface area contributed by atoms with Crippen LogP contribution in [0, 0.1) is 13.8 Å². The number of nitrogens with zero attached hydrogens (tertiary/aromatic N) is 2. The van der Waals surface area contributed by atoms with Gasteiger partial charge in [0.25, 0.3) is 0 Å². The summed E-state index contributed by atoms with van der Waals surface area (Å²) in [5, 5.41) is 0. The first kappa shape index (κ1) is 16.0. The van der Waals surface area contributed by atoms with Crippen LogP contribution >= 0.6 is 0 Å². The number of fused-ring (bicyclic) bond motifs is 1. The molecule has 0 bridgehead atoms. The van der Waals surface area contributed by atoms with E-state index in [2.05, 4.69) is 40.8 Å². The summed E-state index contributed by atoms with van der Waals surface area (Å²) >= 11 is 0. The SMILES string of the molecule is COc1ccc(CN2CCc3[nH]cnc3[C@@H]2c2ccoc2)c(C)c1C. The highest BCUT2D eigenvalue weighted by Gasteiger charge is 2.31. The third kappa shape index (κ3) is 2.74. The Hall–Kier alpha value is -2.53. The molecule has 1 aliphatic rings. The number of hydrogen-bond donors (Lipinski definition) is 1. The van der Waals surface area contributed by atoms with Crippen molar-refractivity contribution in [2.75, 3.05) is 13.7 Å². The Labute approximate surface area is 147 Å². The number of nitrogens with one attached hydrogen (secondary N) is 1. The zero-order valence-corrected chi connectivity index (χ0v) is 14.9. The topological polar surface area (TPSA) is 54.3 Å². The summed E-state index contributed by atoms with van der Waals surface area (Å²) in [6.07, 6.45) is 6.34. The van der Waals surface area contributed by atoms with E-state index in [1.807, 2.05) is 12.3 Å². The predicted molar refractivity (Wildman–Crippen MR) is 95.7 cm³/mol. The predicted octanol–water partition coefficient (Wildman–Crippen LogP) is 3.78. The first-order chi connectivity index (χ1) is 12.2. The smallest absolute Gasteiger partial charge is 0.122 e. The third-order valence-electron chi connectivity index (χ3n) is 5.33. The zero-order chi connectivity index (χ0) is 17.4. The summed E-state index contributed by atoms with van der Waals surface area (Å²) in [6.45, 7) is 6.14. The molecule has 4 rings (SSSR count). The van der Waals surface area contributed by atoms with Crippen LogP contribution in [0.4, 0.5) is 0 Å². The van der Waals surface area contributed by atoms with E-state index in [9.17, 15) is 0 Å². The number of benzene rings is 1. The van der Waals surface area contributed by atoms with Gasteiger partial charge in [-0.25, -0.2) is 4.98 Å². The third-order valence-corrected chi connectivity index (χ3v) is 5.33. The maximum Gasteiger partial charge on any atom is 0.122 e. The first-order valence-electron chi connectivity index (χ1n) is 8.60. The molecule has 1 N–H and O–H groups in total. The van der Waals surface area contributed by atoms with Gasteiger partial charge in [-0.2, -0.15) is 0 Å². The normalized spacial score (nSPS) is 17.5. The van der Waals surface area contributed by atoms with Gasteiger partial charge in [0.2, 0.25) is 0 Å². The van der Waals surface area contributed by atoms with Gasteiger partial charge in [0.05, 0.1) is 37.7 Å².